The fourth-order valence-electron chi connectivity index (χ4n) is 2.14. The van der Waals surface area contributed by atoms with Crippen LogP contribution < -0.4 is 10.5 Å². The average Bonchev–Trinajstić information content (AvgIpc) is 2.30. The zero-order valence-electron chi connectivity index (χ0n) is 9.74. The number of para-hydroxylation sites is 1. The predicted octanol–water partition coefficient (Wildman–Crippen LogP) is 2.77. The van der Waals surface area contributed by atoms with Crippen molar-refractivity contribution in [1.82, 2.24) is 0 Å². The van der Waals surface area contributed by atoms with Crippen molar-refractivity contribution < 1.29 is 4.74 Å². The minimum absolute atomic E-state index is 0.184. The predicted molar refractivity (Wildman–Crippen MR) is 70.0 cm³/mol. The topological polar surface area (TPSA) is 35.2 Å². The van der Waals surface area contributed by atoms with Gasteiger partial charge in [0.15, 0.2) is 0 Å². The van der Waals surface area contributed by atoms with Crippen LogP contribution in [0.4, 0.5) is 0 Å². The Hall–Kier alpha value is -0.670. The van der Waals surface area contributed by atoms with E-state index in [0.29, 0.717) is 0 Å². The van der Waals surface area contributed by atoms with Crippen molar-refractivity contribution in [2.45, 2.75) is 25.3 Å². The summed E-state index contributed by atoms with van der Waals surface area (Å²) in [5.74, 6) is 3.26. The van der Waals surface area contributed by atoms with Crippen LogP contribution in [0.2, 0.25) is 0 Å². The summed E-state index contributed by atoms with van der Waals surface area (Å²) in [6, 6.07) is 8.17. The second kappa shape index (κ2) is 5.11. The lowest BCUT2D eigenvalue weighted by molar-refractivity contribution is 0.213. The molecule has 0 saturated heterocycles. The lowest BCUT2D eigenvalue weighted by Crippen LogP contribution is -2.41. The Morgan fingerprint density at radius 2 is 2.25 bits per heavy atom. The molecule has 3 heteroatoms. The molecular weight excluding hydrogens is 218 g/mol. The van der Waals surface area contributed by atoms with Crippen LogP contribution in [-0.4, -0.2) is 18.1 Å². The average molecular weight is 237 g/mol. The van der Waals surface area contributed by atoms with Crippen LogP contribution in [0.5, 0.6) is 5.75 Å². The summed E-state index contributed by atoms with van der Waals surface area (Å²) in [4.78, 5) is 0. The number of nitrogens with two attached hydrogens (primary N) is 1. The molecule has 1 atom stereocenters. The SMILES string of the molecule is CCSCCC1(N)CCOc2ccccc21. The molecule has 1 heterocycles. The summed E-state index contributed by atoms with van der Waals surface area (Å²) in [7, 11) is 0. The van der Waals surface area contributed by atoms with Crippen molar-refractivity contribution in [3.8, 4) is 5.75 Å². The molecule has 0 spiro atoms. The van der Waals surface area contributed by atoms with E-state index in [2.05, 4.69) is 13.0 Å². The molecule has 1 unspecified atom stereocenters. The van der Waals surface area contributed by atoms with Gasteiger partial charge in [-0.3, -0.25) is 0 Å². The van der Waals surface area contributed by atoms with Crippen LogP contribution in [0.25, 0.3) is 0 Å². The van der Waals surface area contributed by atoms with Gasteiger partial charge in [0.05, 0.1) is 6.61 Å². The van der Waals surface area contributed by atoms with Gasteiger partial charge in [-0.1, -0.05) is 25.1 Å². The summed E-state index contributed by atoms with van der Waals surface area (Å²) < 4.78 is 5.64. The van der Waals surface area contributed by atoms with Gasteiger partial charge in [-0.15, -0.1) is 0 Å². The largest absolute Gasteiger partial charge is 0.493 e. The normalized spacial score (nSPS) is 23.6. The summed E-state index contributed by atoms with van der Waals surface area (Å²) >= 11 is 1.95. The monoisotopic (exact) mass is 237 g/mol. The van der Waals surface area contributed by atoms with Crippen LogP contribution in [0.15, 0.2) is 24.3 Å². The standard InChI is InChI=1S/C13H19NOS/c1-2-16-10-8-13(14)7-9-15-12-6-4-3-5-11(12)13/h3-6H,2,7-10,14H2,1H3. The lowest BCUT2D eigenvalue weighted by atomic mass is 9.83. The van der Waals surface area contributed by atoms with Crippen LogP contribution in [0, 0.1) is 0 Å². The third kappa shape index (κ3) is 2.36. The molecule has 0 bridgehead atoms. The van der Waals surface area contributed by atoms with Gasteiger partial charge >= 0.3 is 0 Å². The van der Waals surface area contributed by atoms with Gasteiger partial charge in [-0.25, -0.2) is 0 Å². The maximum absolute atomic E-state index is 6.52. The Kier molecular flexibility index (Phi) is 3.77. The van der Waals surface area contributed by atoms with E-state index in [4.69, 9.17) is 10.5 Å². The highest BCUT2D eigenvalue weighted by atomic mass is 32.2. The van der Waals surface area contributed by atoms with E-state index < -0.39 is 0 Å². The number of thioether (sulfide) groups is 1. The van der Waals surface area contributed by atoms with Gasteiger partial charge in [-0.05, 0) is 24.0 Å². The van der Waals surface area contributed by atoms with E-state index in [9.17, 15) is 0 Å². The second-order valence-electron chi connectivity index (χ2n) is 4.20. The molecule has 1 aromatic carbocycles. The molecule has 16 heavy (non-hydrogen) atoms. The van der Waals surface area contributed by atoms with E-state index in [-0.39, 0.29) is 5.54 Å². The molecule has 88 valence electrons. The first-order valence-corrected chi connectivity index (χ1v) is 7.01. The molecule has 0 aliphatic carbocycles. The van der Waals surface area contributed by atoms with Crippen LogP contribution in [0.3, 0.4) is 0 Å². The smallest absolute Gasteiger partial charge is 0.124 e. The molecule has 1 aromatic rings. The van der Waals surface area contributed by atoms with E-state index in [1.807, 2.05) is 30.0 Å². The molecule has 0 saturated carbocycles. The van der Waals surface area contributed by atoms with E-state index in [1.54, 1.807) is 0 Å². The molecule has 2 nitrogen and oxygen atoms in total. The molecule has 0 aromatic heterocycles. The Morgan fingerprint density at radius 1 is 1.44 bits per heavy atom. The van der Waals surface area contributed by atoms with Crippen molar-refractivity contribution in [3.05, 3.63) is 29.8 Å². The number of ether oxygens (including phenoxy) is 1. The third-order valence-corrected chi connectivity index (χ3v) is 4.03. The Morgan fingerprint density at radius 3 is 3.06 bits per heavy atom. The molecule has 1 aliphatic heterocycles. The van der Waals surface area contributed by atoms with E-state index in [1.165, 1.54) is 5.56 Å². The number of rotatable bonds is 4. The van der Waals surface area contributed by atoms with Crippen molar-refractivity contribution in [2.75, 3.05) is 18.1 Å². The first-order valence-electron chi connectivity index (χ1n) is 5.85. The molecule has 0 amide bonds. The highest BCUT2D eigenvalue weighted by molar-refractivity contribution is 7.99. The summed E-state index contributed by atoms with van der Waals surface area (Å²) in [6.45, 7) is 2.93. The van der Waals surface area contributed by atoms with Crippen molar-refractivity contribution in [3.63, 3.8) is 0 Å². The van der Waals surface area contributed by atoms with Crippen LogP contribution in [0.1, 0.15) is 25.3 Å². The number of hydrogen-bond donors (Lipinski definition) is 1. The first kappa shape index (κ1) is 11.8. The van der Waals surface area contributed by atoms with Gasteiger partial charge < -0.3 is 10.5 Å². The molecule has 1 aliphatic rings. The number of benzene rings is 1. The quantitative estimate of drug-likeness (QED) is 0.818. The highest BCUT2D eigenvalue weighted by Crippen LogP contribution is 2.37. The van der Waals surface area contributed by atoms with Crippen molar-refractivity contribution in [1.29, 1.82) is 0 Å². The minimum atomic E-state index is -0.184. The molecule has 0 radical (unpaired) electrons. The maximum Gasteiger partial charge on any atom is 0.124 e. The van der Waals surface area contributed by atoms with Crippen molar-refractivity contribution in [2.24, 2.45) is 5.73 Å². The fraction of sp³-hybridized carbons (Fsp3) is 0.538. The molecular formula is C13H19NOS. The maximum atomic E-state index is 6.52. The van der Waals surface area contributed by atoms with E-state index in [0.717, 1.165) is 36.7 Å². The Balaban J connectivity index is 2.16. The van der Waals surface area contributed by atoms with Gasteiger partial charge in [0.1, 0.15) is 5.75 Å². The third-order valence-electron chi connectivity index (χ3n) is 3.13. The Labute approximate surface area is 102 Å². The van der Waals surface area contributed by atoms with Crippen molar-refractivity contribution >= 4 is 11.8 Å². The Bertz CT molecular complexity index is 356. The number of fused-ring (bicyclic) bond motifs is 1. The zero-order valence-corrected chi connectivity index (χ0v) is 10.6. The molecule has 2 rings (SSSR count). The highest BCUT2D eigenvalue weighted by Gasteiger charge is 2.32. The van der Waals surface area contributed by atoms with Crippen LogP contribution in [-0.2, 0) is 5.54 Å². The zero-order chi connectivity index (χ0) is 11.4. The molecule has 2 N–H and O–H groups in total. The minimum Gasteiger partial charge on any atom is -0.493 e. The lowest BCUT2D eigenvalue weighted by Gasteiger charge is -2.35. The fourth-order valence-corrected chi connectivity index (χ4v) is 2.94. The molecule has 0 fully saturated rings. The first-order chi connectivity index (χ1) is 7.76. The van der Waals surface area contributed by atoms with Crippen LogP contribution >= 0.6 is 11.8 Å². The summed E-state index contributed by atoms with van der Waals surface area (Å²) in [5.41, 5.74) is 7.51. The van der Waals surface area contributed by atoms with E-state index >= 15 is 0 Å². The van der Waals surface area contributed by atoms with Gasteiger partial charge in [0.2, 0.25) is 0 Å². The van der Waals surface area contributed by atoms with Gasteiger partial charge in [0.25, 0.3) is 0 Å². The summed E-state index contributed by atoms with van der Waals surface area (Å²) in [5, 5.41) is 0. The number of hydrogen-bond acceptors (Lipinski definition) is 3. The second-order valence-corrected chi connectivity index (χ2v) is 5.59. The van der Waals surface area contributed by atoms with Gasteiger partial charge in [-0.2, -0.15) is 11.8 Å². The van der Waals surface area contributed by atoms with Gasteiger partial charge in [0, 0.05) is 17.5 Å². The summed E-state index contributed by atoms with van der Waals surface area (Å²) in [6.07, 6.45) is 1.96.